The van der Waals surface area contributed by atoms with Crippen LogP contribution in [0.5, 0.6) is 0 Å². The summed E-state index contributed by atoms with van der Waals surface area (Å²) in [6, 6.07) is 3.67. The van der Waals surface area contributed by atoms with Crippen LogP contribution in [0.25, 0.3) is 0 Å². The lowest BCUT2D eigenvalue weighted by atomic mass is 10.3. The maximum atomic E-state index is 12.5. The Kier molecular flexibility index (Phi) is 5.69. The topological polar surface area (TPSA) is 51.0 Å². The maximum Gasteiger partial charge on any atom is 0.276 e. The highest BCUT2D eigenvalue weighted by atomic mass is 32.2. The van der Waals surface area contributed by atoms with Gasteiger partial charge in [-0.3, -0.25) is 9.78 Å². The molecular weight excluding hydrogens is 304 g/mol. The van der Waals surface area contributed by atoms with Crippen molar-refractivity contribution in [3.05, 3.63) is 36.4 Å². The summed E-state index contributed by atoms with van der Waals surface area (Å²) in [6.07, 6.45) is 7.07. The van der Waals surface area contributed by atoms with Crippen LogP contribution in [0.15, 0.2) is 35.9 Å². The van der Waals surface area contributed by atoms with Crippen molar-refractivity contribution in [1.29, 1.82) is 0 Å². The average molecular weight is 322 g/mol. The van der Waals surface area contributed by atoms with Gasteiger partial charge in [0.15, 0.2) is 5.16 Å². The predicted molar refractivity (Wildman–Crippen MR) is 89.3 cm³/mol. The molecule has 0 bridgehead atoms. The minimum atomic E-state index is -0.0882. The first-order chi connectivity index (χ1) is 10.1. The highest BCUT2D eigenvalue weighted by Gasteiger charge is 2.19. The quantitative estimate of drug-likeness (QED) is 0.604. The summed E-state index contributed by atoms with van der Waals surface area (Å²) in [6.45, 7) is 0. The Morgan fingerprint density at radius 3 is 2.86 bits per heavy atom. The van der Waals surface area contributed by atoms with Gasteiger partial charge < -0.3 is 9.47 Å². The molecule has 2 rings (SSSR count). The van der Waals surface area contributed by atoms with Gasteiger partial charge in [0, 0.05) is 31.8 Å². The molecule has 0 saturated carbocycles. The maximum absolute atomic E-state index is 12.5. The van der Waals surface area contributed by atoms with Crippen LogP contribution in [0.2, 0.25) is 0 Å². The van der Waals surface area contributed by atoms with Gasteiger partial charge in [-0.25, -0.2) is 4.98 Å². The van der Waals surface area contributed by atoms with Gasteiger partial charge in [0.2, 0.25) is 0 Å². The third-order valence-corrected chi connectivity index (χ3v) is 4.94. The largest absolute Gasteiger partial charge is 0.318 e. The zero-order chi connectivity index (χ0) is 15.2. The minimum Gasteiger partial charge on any atom is -0.318 e. The van der Waals surface area contributed by atoms with Gasteiger partial charge in [-0.05, 0) is 18.4 Å². The highest BCUT2D eigenvalue weighted by molar-refractivity contribution is 8.02. The fourth-order valence-electron chi connectivity index (χ4n) is 1.78. The zero-order valence-electron chi connectivity index (χ0n) is 12.3. The molecule has 0 spiro atoms. The second-order valence-corrected chi connectivity index (χ2v) is 6.45. The van der Waals surface area contributed by atoms with Crippen molar-refractivity contribution < 1.29 is 4.79 Å². The first kappa shape index (κ1) is 15.9. The number of carbonyl (C=O) groups is 1. The van der Waals surface area contributed by atoms with Crippen LogP contribution < -0.4 is 4.90 Å². The molecule has 5 nitrogen and oxygen atoms in total. The van der Waals surface area contributed by atoms with E-state index in [4.69, 9.17) is 0 Å². The zero-order valence-corrected chi connectivity index (χ0v) is 13.9. The molecule has 2 aromatic heterocycles. The number of imidazole rings is 1. The van der Waals surface area contributed by atoms with Gasteiger partial charge in [-0.1, -0.05) is 11.8 Å². The van der Waals surface area contributed by atoms with Crippen molar-refractivity contribution in [2.75, 3.05) is 29.7 Å². The van der Waals surface area contributed by atoms with Crippen molar-refractivity contribution in [1.82, 2.24) is 14.5 Å². The van der Waals surface area contributed by atoms with Gasteiger partial charge in [0.05, 0.1) is 18.1 Å². The molecular formula is C14H18N4OS2. The first-order valence-electron chi connectivity index (χ1n) is 6.46. The lowest BCUT2D eigenvalue weighted by Crippen LogP contribution is -2.28. The monoisotopic (exact) mass is 322 g/mol. The third kappa shape index (κ3) is 3.79. The van der Waals surface area contributed by atoms with E-state index in [-0.39, 0.29) is 5.91 Å². The van der Waals surface area contributed by atoms with Gasteiger partial charge in [-0.15, -0.1) is 0 Å². The molecule has 0 aliphatic rings. The van der Waals surface area contributed by atoms with E-state index in [0.717, 1.165) is 22.3 Å². The van der Waals surface area contributed by atoms with Crippen LogP contribution in [0.4, 0.5) is 5.69 Å². The summed E-state index contributed by atoms with van der Waals surface area (Å²) in [5.41, 5.74) is 1.34. The summed E-state index contributed by atoms with van der Waals surface area (Å²) in [4.78, 5) is 22.5. The Balaban J connectivity index is 2.13. The lowest BCUT2D eigenvalue weighted by molar-refractivity contribution is 0.0984. The standard InChI is InChI=1S/C14H18N4OS2/c1-17(11-5-4-6-15-9-11)13(19)12-10-16-14(18(12)2)21-8-7-20-3/h4-6,9-10H,7-8H2,1-3H3. The lowest BCUT2D eigenvalue weighted by Gasteiger charge is -2.16. The summed E-state index contributed by atoms with van der Waals surface area (Å²) < 4.78 is 1.85. The second kappa shape index (κ2) is 7.51. The molecule has 0 N–H and O–H groups in total. The normalized spacial score (nSPS) is 10.6. The molecule has 0 aliphatic heterocycles. The van der Waals surface area contributed by atoms with Crippen LogP contribution in [-0.4, -0.2) is 45.3 Å². The molecule has 1 amide bonds. The molecule has 0 radical (unpaired) electrons. The Bertz CT molecular complexity index is 600. The van der Waals surface area contributed by atoms with E-state index >= 15 is 0 Å². The van der Waals surface area contributed by atoms with E-state index in [0.29, 0.717) is 5.69 Å². The summed E-state index contributed by atoms with van der Waals surface area (Å²) in [5.74, 6) is 1.96. The van der Waals surface area contributed by atoms with Crippen molar-refractivity contribution in [2.45, 2.75) is 5.16 Å². The predicted octanol–water partition coefficient (Wildman–Crippen LogP) is 2.55. The molecule has 0 saturated heterocycles. The van der Waals surface area contributed by atoms with Crippen LogP contribution >= 0.6 is 23.5 Å². The number of thioether (sulfide) groups is 2. The van der Waals surface area contributed by atoms with Crippen molar-refractivity contribution in [2.24, 2.45) is 7.05 Å². The van der Waals surface area contributed by atoms with Crippen LogP contribution in [0, 0.1) is 0 Å². The Labute approximate surface area is 133 Å². The van der Waals surface area contributed by atoms with E-state index in [1.54, 1.807) is 54.1 Å². The molecule has 0 atom stereocenters. The van der Waals surface area contributed by atoms with Gasteiger partial charge in [0.25, 0.3) is 5.91 Å². The number of carbonyl (C=O) groups excluding carboxylic acids is 1. The van der Waals surface area contributed by atoms with Crippen LogP contribution in [0.3, 0.4) is 0 Å². The van der Waals surface area contributed by atoms with Crippen LogP contribution in [-0.2, 0) is 7.05 Å². The van der Waals surface area contributed by atoms with E-state index in [9.17, 15) is 4.79 Å². The van der Waals surface area contributed by atoms with Gasteiger partial charge in [0.1, 0.15) is 5.69 Å². The molecule has 0 fully saturated rings. The molecule has 2 heterocycles. The highest BCUT2D eigenvalue weighted by Crippen LogP contribution is 2.20. The first-order valence-corrected chi connectivity index (χ1v) is 8.84. The molecule has 0 aliphatic carbocycles. The van der Waals surface area contributed by atoms with E-state index < -0.39 is 0 Å². The number of hydrogen-bond donors (Lipinski definition) is 0. The minimum absolute atomic E-state index is 0.0882. The SMILES string of the molecule is CSCCSc1ncc(C(=O)N(C)c2cccnc2)n1C. The van der Waals surface area contributed by atoms with E-state index in [1.807, 2.05) is 23.7 Å². The molecule has 0 aromatic carbocycles. The van der Waals surface area contributed by atoms with Crippen molar-refractivity contribution >= 4 is 35.1 Å². The summed E-state index contributed by atoms with van der Waals surface area (Å²) >= 11 is 3.47. The molecule has 112 valence electrons. The fraction of sp³-hybridized carbons (Fsp3) is 0.357. The number of hydrogen-bond acceptors (Lipinski definition) is 5. The van der Waals surface area contributed by atoms with E-state index in [1.165, 1.54) is 0 Å². The fourth-order valence-corrected chi connectivity index (χ4v) is 3.38. The summed E-state index contributed by atoms with van der Waals surface area (Å²) in [7, 11) is 3.62. The number of pyridine rings is 1. The van der Waals surface area contributed by atoms with Crippen molar-refractivity contribution in [3.8, 4) is 0 Å². The molecule has 2 aromatic rings. The Morgan fingerprint density at radius 2 is 2.19 bits per heavy atom. The Morgan fingerprint density at radius 1 is 1.38 bits per heavy atom. The Hall–Kier alpha value is -1.47. The second-order valence-electron chi connectivity index (χ2n) is 4.40. The van der Waals surface area contributed by atoms with Crippen LogP contribution in [0.1, 0.15) is 10.5 Å². The number of anilines is 1. The van der Waals surface area contributed by atoms with Gasteiger partial charge in [-0.2, -0.15) is 11.8 Å². The van der Waals surface area contributed by atoms with Gasteiger partial charge >= 0.3 is 0 Å². The number of nitrogens with zero attached hydrogens (tertiary/aromatic N) is 4. The number of amides is 1. The van der Waals surface area contributed by atoms with E-state index in [2.05, 4.69) is 16.2 Å². The third-order valence-electron chi connectivity index (χ3n) is 3.02. The molecule has 21 heavy (non-hydrogen) atoms. The summed E-state index contributed by atoms with van der Waals surface area (Å²) in [5, 5.41) is 0.868. The number of rotatable bonds is 6. The number of aromatic nitrogens is 3. The van der Waals surface area contributed by atoms with Crippen molar-refractivity contribution in [3.63, 3.8) is 0 Å². The molecule has 7 heteroatoms. The average Bonchev–Trinajstić information content (AvgIpc) is 2.88. The smallest absolute Gasteiger partial charge is 0.276 e. The molecule has 0 unspecified atom stereocenters.